The minimum atomic E-state index is 0.370. The van der Waals surface area contributed by atoms with Gasteiger partial charge in [0.05, 0.1) is 0 Å². The van der Waals surface area contributed by atoms with Crippen LogP contribution in [0.4, 0.5) is 0 Å². The Labute approximate surface area is 94.0 Å². The van der Waals surface area contributed by atoms with Gasteiger partial charge in [-0.15, -0.1) is 0 Å². The lowest BCUT2D eigenvalue weighted by Crippen LogP contribution is -2.08. The third-order valence-corrected chi connectivity index (χ3v) is 2.28. The average molecular weight is 201 g/mol. The van der Waals surface area contributed by atoms with Gasteiger partial charge in [-0.05, 0) is 36.3 Å². The molecular weight excluding hydrogens is 180 g/mol. The summed E-state index contributed by atoms with van der Waals surface area (Å²) in [6.45, 7) is 10.5. The van der Waals surface area contributed by atoms with E-state index in [1.807, 2.05) is 6.08 Å². The van der Waals surface area contributed by atoms with E-state index in [9.17, 15) is 0 Å². The van der Waals surface area contributed by atoms with Gasteiger partial charge in [0.1, 0.15) is 0 Å². The number of hydrogen-bond donors (Lipinski definition) is 0. The summed E-state index contributed by atoms with van der Waals surface area (Å²) in [6, 6.07) is 8.89. The van der Waals surface area contributed by atoms with Crippen LogP contribution in [0, 0.1) is 12.3 Å². The fourth-order valence-corrected chi connectivity index (χ4v) is 1.62. The van der Waals surface area contributed by atoms with Gasteiger partial charge in [0.2, 0.25) is 0 Å². The molecule has 0 spiro atoms. The van der Waals surface area contributed by atoms with Crippen LogP contribution in [0.1, 0.15) is 31.9 Å². The van der Waals surface area contributed by atoms with Crippen molar-refractivity contribution in [2.24, 2.45) is 5.41 Å². The number of allylic oxidation sites excluding steroid dienone is 2. The van der Waals surface area contributed by atoms with Crippen molar-refractivity contribution in [1.82, 2.24) is 0 Å². The van der Waals surface area contributed by atoms with Crippen molar-refractivity contribution in [2.75, 3.05) is 0 Å². The van der Waals surface area contributed by atoms with Crippen molar-refractivity contribution in [3.63, 3.8) is 0 Å². The minimum Gasteiger partial charge on any atom is -0.0879 e. The summed E-state index contributed by atoms with van der Waals surface area (Å²) < 4.78 is 0. The Morgan fingerprint density at radius 3 is 2.07 bits per heavy atom. The smallest absolute Gasteiger partial charge is 0.00975 e. The van der Waals surface area contributed by atoms with Gasteiger partial charge in [0, 0.05) is 0 Å². The number of hydrogen-bond acceptors (Lipinski definition) is 0. The van der Waals surface area contributed by atoms with Crippen molar-refractivity contribution in [2.45, 2.75) is 33.6 Å². The van der Waals surface area contributed by atoms with E-state index in [1.54, 1.807) is 0 Å². The van der Waals surface area contributed by atoms with E-state index in [0.29, 0.717) is 5.41 Å². The normalized spacial score (nSPS) is 12.3. The van der Waals surface area contributed by atoms with E-state index in [1.165, 1.54) is 11.1 Å². The maximum absolute atomic E-state index is 3.69. The second kappa shape index (κ2) is 5.16. The second-order valence-corrected chi connectivity index (χ2v) is 5.23. The molecule has 1 radical (unpaired) electrons. The quantitative estimate of drug-likeness (QED) is 0.687. The predicted molar refractivity (Wildman–Crippen MR) is 67.8 cm³/mol. The fourth-order valence-electron chi connectivity index (χ4n) is 1.62. The summed E-state index contributed by atoms with van der Waals surface area (Å²) in [5.74, 6) is 0. The zero-order chi connectivity index (χ0) is 11.3. The van der Waals surface area contributed by atoms with Crippen LogP contribution in [-0.2, 0) is 12.8 Å². The first kappa shape index (κ1) is 12.0. The van der Waals surface area contributed by atoms with Crippen LogP contribution in [0.15, 0.2) is 36.4 Å². The maximum atomic E-state index is 3.69. The maximum Gasteiger partial charge on any atom is -0.00975 e. The molecule has 0 nitrogen and oxygen atoms in total. The molecule has 0 unspecified atom stereocenters. The number of benzene rings is 1. The van der Waals surface area contributed by atoms with Gasteiger partial charge in [-0.3, -0.25) is 0 Å². The largest absolute Gasteiger partial charge is 0.0879 e. The first-order valence-corrected chi connectivity index (χ1v) is 5.53. The first-order valence-electron chi connectivity index (χ1n) is 5.53. The summed E-state index contributed by atoms with van der Waals surface area (Å²) in [7, 11) is 0. The van der Waals surface area contributed by atoms with Crippen molar-refractivity contribution >= 4 is 0 Å². The molecule has 1 aromatic carbocycles. The molecule has 0 bridgehead atoms. The molecule has 0 aromatic heterocycles. The Morgan fingerprint density at radius 2 is 1.60 bits per heavy atom. The lowest BCUT2D eigenvalue weighted by atomic mass is 9.88. The van der Waals surface area contributed by atoms with Gasteiger partial charge in [-0.2, -0.15) is 0 Å². The van der Waals surface area contributed by atoms with Gasteiger partial charge < -0.3 is 0 Å². The van der Waals surface area contributed by atoms with Gasteiger partial charge >= 0.3 is 0 Å². The molecule has 1 aromatic rings. The predicted octanol–water partition coefficient (Wildman–Crippen LogP) is 4.21. The Kier molecular flexibility index (Phi) is 4.14. The van der Waals surface area contributed by atoms with Crippen molar-refractivity contribution in [3.8, 4) is 0 Å². The highest BCUT2D eigenvalue weighted by Gasteiger charge is 2.10. The van der Waals surface area contributed by atoms with E-state index >= 15 is 0 Å². The molecule has 1 rings (SSSR count). The Balaban J connectivity index is 2.64. The molecule has 0 amide bonds. The summed E-state index contributed by atoms with van der Waals surface area (Å²) in [5, 5.41) is 0. The summed E-state index contributed by atoms with van der Waals surface area (Å²) in [6.07, 6.45) is 6.06. The van der Waals surface area contributed by atoms with Crippen LogP contribution in [0.25, 0.3) is 0 Å². The van der Waals surface area contributed by atoms with Crippen molar-refractivity contribution in [1.29, 1.82) is 0 Å². The molecule has 0 heterocycles. The monoisotopic (exact) mass is 201 g/mol. The topological polar surface area (TPSA) is 0 Å². The van der Waals surface area contributed by atoms with E-state index in [2.05, 4.69) is 58.0 Å². The van der Waals surface area contributed by atoms with E-state index in [4.69, 9.17) is 0 Å². The highest BCUT2D eigenvalue weighted by atomic mass is 14.2. The molecule has 0 atom stereocenters. The molecule has 0 aliphatic heterocycles. The van der Waals surface area contributed by atoms with Crippen molar-refractivity contribution < 1.29 is 0 Å². The zero-order valence-electron chi connectivity index (χ0n) is 10.1. The molecule has 0 aliphatic carbocycles. The summed E-state index contributed by atoms with van der Waals surface area (Å²) >= 11 is 0. The fraction of sp³-hybridized carbons (Fsp3) is 0.400. The summed E-state index contributed by atoms with van der Waals surface area (Å²) in [5.41, 5.74) is 3.15. The van der Waals surface area contributed by atoms with Crippen LogP contribution >= 0.6 is 0 Å². The van der Waals surface area contributed by atoms with Crippen LogP contribution in [0.5, 0.6) is 0 Å². The lowest BCUT2D eigenvalue weighted by Gasteiger charge is -2.18. The van der Waals surface area contributed by atoms with E-state index in [0.717, 1.165) is 12.8 Å². The molecule has 15 heavy (non-hydrogen) atoms. The van der Waals surface area contributed by atoms with Crippen LogP contribution in [0.3, 0.4) is 0 Å². The molecular formula is C15H21. The lowest BCUT2D eigenvalue weighted by molar-refractivity contribution is 0.411. The molecule has 0 saturated carbocycles. The Hall–Kier alpha value is -1.04. The SMILES string of the molecule is [CH2]C=CCc1ccc(CC(C)(C)C)cc1. The highest BCUT2D eigenvalue weighted by molar-refractivity contribution is 5.24. The molecule has 0 aliphatic rings. The first-order chi connectivity index (χ1) is 7.01. The Morgan fingerprint density at radius 1 is 1.07 bits per heavy atom. The van der Waals surface area contributed by atoms with Gasteiger partial charge in [-0.1, -0.05) is 57.2 Å². The van der Waals surface area contributed by atoms with E-state index < -0.39 is 0 Å². The zero-order valence-corrected chi connectivity index (χ0v) is 10.1. The number of rotatable bonds is 3. The molecule has 0 N–H and O–H groups in total. The standard InChI is InChI=1S/C15H21/c1-5-6-7-13-8-10-14(11-9-13)12-15(2,3)4/h5-6,8-11H,1,7,12H2,2-4H3. The average Bonchev–Trinajstić information content (AvgIpc) is 2.14. The minimum absolute atomic E-state index is 0.370. The Bertz CT molecular complexity index is 309. The van der Waals surface area contributed by atoms with E-state index in [-0.39, 0.29) is 0 Å². The second-order valence-electron chi connectivity index (χ2n) is 5.23. The van der Waals surface area contributed by atoms with Crippen molar-refractivity contribution in [3.05, 3.63) is 54.5 Å². The summed E-state index contributed by atoms with van der Waals surface area (Å²) in [4.78, 5) is 0. The highest BCUT2D eigenvalue weighted by Crippen LogP contribution is 2.20. The third-order valence-electron chi connectivity index (χ3n) is 2.28. The van der Waals surface area contributed by atoms with Gasteiger partial charge in [-0.25, -0.2) is 0 Å². The molecule has 81 valence electrons. The molecule has 0 fully saturated rings. The molecule has 0 saturated heterocycles. The van der Waals surface area contributed by atoms with Crippen LogP contribution in [-0.4, -0.2) is 0 Å². The van der Waals surface area contributed by atoms with Gasteiger partial charge in [0.15, 0.2) is 0 Å². The third kappa shape index (κ3) is 4.83. The van der Waals surface area contributed by atoms with Crippen LogP contribution < -0.4 is 0 Å². The van der Waals surface area contributed by atoms with Crippen LogP contribution in [0.2, 0.25) is 0 Å². The molecule has 0 heteroatoms. The van der Waals surface area contributed by atoms with Gasteiger partial charge in [0.25, 0.3) is 0 Å².